The first-order chi connectivity index (χ1) is 15.9. The van der Waals surface area contributed by atoms with Crippen LogP contribution in [0.5, 0.6) is 0 Å². The highest BCUT2D eigenvalue weighted by Crippen LogP contribution is 2.39. The summed E-state index contributed by atoms with van der Waals surface area (Å²) in [6.07, 6.45) is -10.5. The number of piperidine rings is 1. The molecule has 0 unspecified atom stereocenters. The molecule has 3 N–H and O–H groups in total. The predicted molar refractivity (Wildman–Crippen MR) is 111 cm³/mol. The summed E-state index contributed by atoms with van der Waals surface area (Å²) in [6, 6.07) is 10.0. The number of benzene rings is 2. The molecular weight excluding hydrogens is 464 g/mol. The largest absolute Gasteiger partial charge is 0.416 e. The third-order valence-electron chi connectivity index (χ3n) is 6.33. The summed E-state index contributed by atoms with van der Waals surface area (Å²) in [7, 11) is 0. The minimum absolute atomic E-state index is 0.0329. The zero-order chi connectivity index (χ0) is 24.7. The third kappa shape index (κ3) is 5.00. The number of nitrogens with one attached hydrogen (secondary N) is 3. The lowest BCUT2D eigenvalue weighted by molar-refractivity contribution is -0.143. The maximum Gasteiger partial charge on any atom is 0.416 e. The van der Waals surface area contributed by atoms with Crippen LogP contribution in [0.25, 0.3) is 0 Å². The Morgan fingerprint density at radius 1 is 0.971 bits per heavy atom. The zero-order valence-electron chi connectivity index (χ0n) is 18.1. The van der Waals surface area contributed by atoms with E-state index in [0.717, 1.165) is 5.56 Å². The summed E-state index contributed by atoms with van der Waals surface area (Å²) in [5, 5.41) is 9.04. The van der Waals surface area contributed by atoms with Crippen LogP contribution in [0, 0.1) is 0 Å². The molecule has 0 bridgehead atoms. The summed E-state index contributed by atoms with van der Waals surface area (Å²) in [5.74, 6) is 0. The van der Waals surface area contributed by atoms with E-state index in [9.17, 15) is 31.1 Å². The van der Waals surface area contributed by atoms with E-state index in [1.54, 1.807) is 0 Å². The molecule has 0 aliphatic carbocycles. The molecule has 11 heteroatoms. The van der Waals surface area contributed by atoms with E-state index in [1.807, 2.05) is 30.3 Å². The molecule has 0 saturated carbocycles. The molecule has 2 amide bonds. The zero-order valence-corrected chi connectivity index (χ0v) is 18.1. The second kappa shape index (κ2) is 8.77. The molecule has 0 radical (unpaired) electrons. The van der Waals surface area contributed by atoms with Gasteiger partial charge in [0.1, 0.15) is 0 Å². The van der Waals surface area contributed by atoms with E-state index < -0.39 is 35.1 Å². The molecule has 2 fully saturated rings. The molecule has 2 aromatic rings. The van der Waals surface area contributed by atoms with Crippen molar-refractivity contribution in [3.05, 3.63) is 70.8 Å². The maximum atomic E-state index is 13.3. The highest BCUT2D eigenvalue weighted by molar-refractivity contribution is 5.77. The Kier molecular flexibility index (Phi) is 6.28. The number of hydrogen-bond donors (Lipinski definition) is 3. The molecule has 2 aliphatic rings. The van der Waals surface area contributed by atoms with Crippen molar-refractivity contribution in [3.63, 3.8) is 0 Å². The number of ether oxygens (including phenoxy) is 1. The summed E-state index contributed by atoms with van der Waals surface area (Å²) in [5.41, 5.74) is -2.96. The molecule has 5 nitrogen and oxygen atoms in total. The molecular formula is C23H23F6N3O2. The molecule has 2 aromatic carbocycles. The van der Waals surface area contributed by atoms with Gasteiger partial charge in [-0.1, -0.05) is 30.3 Å². The van der Waals surface area contributed by atoms with E-state index in [0.29, 0.717) is 25.1 Å². The van der Waals surface area contributed by atoms with Gasteiger partial charge < -0.3 is 20.7 Å². The van der Waals surface area contributed by atoms with Crippen LogP contribution in [-0.2, 0) is 22.6 Å². The summed E-state index contributed by atoms with van der Waals surface area (Å²) in [6.45, 7) is 1.80. The molecule has 2 saturated heterocycles. The third-order valence-corrected chi connectivity index (χ3v) is 6.33. The van der Waals surface area contributed by atoms with Crippen molar-refractivity contribution >= 4 is 6.03 Å². The van der Waals surface area contributed by atoms with Crippen LogP contribution < -0.4 is 16.0 Å². The molecule has 4 rings (SSSR count). The van der Waals surface area contributed by atoms with Crippen LogP contribution in [0.2, 0.25) is 0 Å². The standard InChI is InChI=1S/C23H23F6N3O2/c1-13(14-7-16(22(24,25)26)9-17(8-14)23(27,28)29)34-12-21(15-5-3-2-4-6-15)10-18-19(11-30-21)32-20(33)31-18/h2-9,13,18-19,30H,10-12H2,1H3,(H2,31,32,33)/t13-,18-,19+,21-/m1/s1. The second-order valence-corrected chi connectivity index (χ2v) is 8.66. The van der Waals surface area contributed by atoms with Crippen molar-refractivity contribution in [2.75, 3.05) is 13.2 Å². The van der Waals surface area contributed by atoms with Crippen LogP contribution >= 0.6 is 0 Å². The van der Waals surface area contributed by atoms with Crippen molar-refractivity contribution in [1.82, 2.24) is 16.0 Å². The van der Waals surface area contributed by atoms with E-state index >= 15 is 0 Å². The predicted octanol–water partition coefficient (Wildman–Crippen LogP) is 4.74. The van der Waals surface area contributed by atoms with E-state index in [1.165, 1.54) is 6.92 Å². The molecule has 2 aliphatic heterocycles. The number of hydrogen-bond acceptors (Lipinski definition) is 3. The van der Waals surface area contributed by atoms with Gasteiger partial charge in [0.15, 0.2) is 0 Å². The first kappa shape index (κ1) is 24.3. The second-order valence-electron chi connectivity index (χ2n) is 8.66. The van der Waals surface area contributed by atoms with Crippen molar-refractivity contribution in [1.29, 1.82) is 0 Å². The van der Waals surface area contributed by atoms with Gasteiger partial charge in [0.25, 0.3) is 0 Å². The van der Waals surface area contributed by atoms with Crippen molar-refractivity contribution in [3.8, 4) is 0 Å². The van der Waals surface area contributed by atoms with Gasteiger partial charge in [-0.2, -0.15) is 26.3 Å². The normalized spacial score (nSPS) is 25.9. The van der Waals surface area contributed by atoms with Crippen LogP contribution in [-0.4, -0.2) is 31.3 Å². The molecule has 0 spiro atoms. The van der Waals surface area contributed by atoms with Crippen LogP contribution in [0.15, 0.2) is 48.5 Å². The Morgan fingerprint density at radius 3 is 2.15 bits per heavy atom. The molecule has 34 heavy (non-hydrogen) atoms. The average Bonchev–Trinajstić information content (AvgIpc) is 3.15. The molecule has 2 heterocycles. The number of halogens is 6. The number of alkyl halides is 6. The Morgan fingerprint density at radius 2 is 1.56 bits per heavy atom. The summed E-state index contributed by atoms with van der Waals surface area (Å²) >= 11 is 0. The Hall–Kier alpha value is -2.79. The highest BCUT2D eigenvalue weighted by Gasteiger charge is 2.46. The molecule has 184 valence electrons. The molecule has 0 aromatic heterocycles. The first-order valence-corrected chi connectivity index (χ1v) is 10.7. The smallest absolute Gasteiger partial charge is 0.372 e. The Bertz CT molecular complexity index is 1010. The number of urea groups is 1. The topological polar surface area (TPSA) is 62.4 Å². The molecule has 4 atom stereocenters. The van der Waals surface area contributed by atoms with Gasteiger partial charge in [-0.15, -0.1) is 0 Å². The van der Waals surface area contributed by atoms with Gasteiger partial charge in [-0.05, 0) is 42.7 Å². The first-order valence-electron chi connectivity index (χ1n) is 10.7. The fourth-order valence-electron chi connectivity index (χ4n) is 4.47. The van der Waals surface area contributed by atoms with Crippen molar-refractivity contribution in [2.45, 2.75) is 49.4 Å². The van der Waals surface area contributed by atoms with Gasteiger partial charge in [0.05, 0.1) is 41.5 Å². The number of fused-ring (bicyclic) bond motifs is 1. The van der Waals surface area contributed by atoms with Crippen molar-refractivity contribution < 1.29 is 35.9 Å². The summed E-state index contributed by atoms with van der Waals surface area (Å²) < 4.78 is 85.4. The SMILES string of the molecule is C[C@@H](OC[C@@]1(c2ccccc2)C[C@H]2NC(=O)N[C@H]2CN1)c1cc(C(F)(F)F)cc(C(F)(F)F)c1. The van der Waals surface area contributed by atoms with E-state index in [-0.39, 0.29) is 36.4 Å². The monoisotopic (exact) mass is 487 g/mol. The number of rotatable bonds is 5. The quantitative estimate of drug-likeness (QED) is 0.534. The Balaban J connectivity index is 1.61. The fourth-order valence-corrected chi connectivity index (χ4v) is 4.47. The lowest BCUT2D eigenvalue weighted by Gasteiger charge is -2.43. The van der Waals surface area contributed by atoms with Gasteiger partial charge in [0, 0.05) is 6.54 Å². The Labute approximate surface area is 191 Å². The van der Waals surface area contributed by atoms with E-state index in [2.05, 4.69) is 16.0 Å². The van der Waals surface area contributed by atoms with E-state index in [4.69, 9.17) is 4.74 Å². The van der Waals surface area contributed by atoms with Crippen LogP contribution in [0.1, 0.15) is 41.7 Å². The van der Waals surface area contributed by atoms with Gasteiger partial charge in [0.2, 0.25) is 0 Å². The lowest BCUT2D eigenvalue weighted by atomic mass is 9.79. The van der Waals surface area contributed by atoms with Gasteiger partial charge >= 0.3 is 18.4 Å². The lowest BCUT2D eigenvalue weighted by Crippen LogP contribution is -2.60. The van der Waals surface area contributed by atoms with Crippen LogP contribution in [0.4, 0.5) is 31.1 Å². The number of carbonyl (C=O) groups excluding carboxylic acids is 1. The minimum atomic E-state index is -4.94. The van der Waals surface area contributed by atoms with Crippen molar-refractivity contribution in [2.24, 2.45) is 0 Å². The number of carbonyl (C=O) groups is 1. The fraction of sp³-hybridized carbons (Fsp3) is 0.435. The summed E-state index contributed by atoms with van der Waals surface area (Å²) in [4.78, 5) is 11.8. The van der Waals surface area contributed by atoms with Crippen LogP contribution in [0.3, 0.4) is 0 Å². The minimum Gasteiger partial charge on any atom is -0.372 e. The number of amides is 2. The maximum absolute atomic E-state index is 13.3. The van der Waals surface area contributed by atoms with Gasteiger partial charge in [-0.25, -0.2) is 4.79 Å². The average molecular weight is 487 g/mol. The highest BCUT2D eigenvalue weighted by atomic mass is 19.4. The van der Waals surface area contributed by atoms with Gasteiger partial charge in [-0.3, -0.25) is 0 Å².